The SMILES string of the molecule is CN1CCc2cc(C(N)C3CCS(=O)(=O)C3)ccc21. The summed E-state index contributed by atoms with van der Waals surface area (Å²) in [5.41, 5.74) is 9.95. The van der Waals surface area contributed by atoms with Crippen molar-refractivity contribution >= 4 is 15.5 Å². The molecule has 5 heteroatoms. The molecule has 0 aliphatic carbocycles. The van der Waals surface area contributed by atoms with Crippen molar-refractivity contribution in [1.82, 2.24) is 0 Å². The van der Waals surface area contributed by atoms with E-state index in [-0.39, 0.29) is 17.7 Å². The van der Waals surface area contributed by atoms with Gasteiger partial charge in [0.05, 0.1) is 11.5 Å². The van der Waals surface area contributed by atoms with E-state index in [1.165, 1.54) is 11.3 Å². The minimum Gasteiger partial charge on any atom is -0.374 e. The zero-order valence-corrected chi connectivity index (χ0v) is 12.0. The number of likely N-dealkylation sites (N-methyl/N-ethyl adjacent to an activating group) is 1. The Kier molecular flexibility index (Phi) is 3.06. The van der Waals surface area contributed by atoms with Crippen molar-refractivity contribution in [2.45, 2.75) is 18.9 Å². The number of nitrogens with two attached hydrogens (primary N) is 1. The van der Waals surface area contributed by atoms with E-state index in [2.05, 4.69) is 30.1 Å². The van der Waals surface area contributed by atoms with Gasteiger partial charge in [-0.15, -0.1) is 0 Å². The first-order chi connectivity index (χ1) is 8.96. The minimum atomic E-state index is -2.86. The summed E-state index contributed by atoms with van der Waals surface area (Å²) < 4.78 is 23.1. The maximum absolute atomic E-state index is 11.5. The summed E-state index contributed by atoms with van der Waals surface area (Å²) in [6, 6.07) is 6.17. The fourth-order valence-corrected chi connectivity index (χ4v) is 5.03. The molecule has 4 nitrogen and oxygen atoms in total. The fraction of sp³-hybridized carbons (Fsp3) is 0.571. The van der Waals surface area contributed by atoms with Gasteiger partial charge in [0.2, 0.25) is 0 Å². The number of benzene rings is 1. The average molecular weight is 280 g/mol. The van der Waals surface area contributed by atoms with Gasteiger partial charge in [-0.05, 0) is 36.0 Å². The molecule has 2 aliphatic heterocycles. The van der Waals surface area contributed by atoms with Crippen LogP contribution in [0.4, 0.5) is 5.69 Å². The summed E-state index contributed by atoms with van der Waals surface area (Å²) >= 11 is 0. The summed E-state index contributed by atoms with van der Waals surface area (Å²) in [5, 5.41) is 0. The molecular weight excluding hydrogens is 260 g/mol. The molecule has 2 N–H and O–H groups in total. The molecule has 2 aliphatic rings. The topological polar surface area (TPSA) is 63.4 Å². The predicted octanol–water partition coefficient (Wildman–Crippen LogP) is 1.11. The van der Waals surface area contributed by atoms with Crippen molar-refractivity contribution in [1.29, 1.82) is 0 Å². The van der Waals surface area contributed by atoms with Crippen molar-refractivity contribution in [2.75, 3.05) is 30.0 Å². The zero-order chi connectivity index (χ0) is 13.6. The number of sulfone groups is 1. The van der Waals surface area contributed by atoms with E-state index < -0.39 is 9.84 Å². The Labute approximate surface area is 114 Å². The normalized spacial score (nSPS) is 26.4. The van der Waals surface area contributed by atoms with Crippen molar-refractivity contribution < 1.29 is 8.42 Å². The summed E-state index contributed by atoms with van der Waals surface area (Å²) in [7, 11) is -0.765. The summed E-state index contributed by atoms with van der Waals surface area (Å²) in [4.78, 5) is 2.24. The number of hydrogen-bond acceptors (Lipinski definition) is 4. The highest BCUT2D eigenvalue weighted by molar-refractivity contribution is 7.91. The minimum absolute atomic E-state index is 0.0715. The van der Waals surface area contributed by atoms with Gasteiger partial charge in [-0.25, -0.2) is 8.42 Å². The Morgan fingerprint density at radius 1 is 1.42 bits per heavy atom. The zero-order valence-electron chi connectivity index (χ0n) is 11.2. The van der Waals surface area contributed by atoms with Crippen LogP contribution in [0.15, 0.2) is 18.2 Å². The van der Waals surface area contributed by atoms with Gasteiger partial charge in [-0.1, -0.05) is 12.1 Å². The summed E-state index contributed by atoms with van der Waals surface area (Å²) in [6.07, 6.45) is 1.75. The van der Waals surface area contributed by atoms with Gasteiger partial charge in [0, 0.05) is 25.3 Å². The molecule has 1 saturated heterocycles. The fourth-order valence-electron chi connectivity index (χ4n) is 3.17. The second-order valence-corrected chi connectivity index (χ2v) is 7.98. The molecule has 0 spiro atoms. The first-order valence-electron chi connectivity index (χ1n) is 6.76. The molecular formula is C14H20N2O2S. The third-order valence-corrected chi connectivity index (χ3v) is 6.19. The third kappa shape index (κ3) is 2.37. The summed E-state index contributed by atoms with van der Waals surface area (Å²) in [6.45, 7) is 1.05. The monoisotopic (exact) mass is 280 g/mol. The highest BCUT2D eigenvalue weighted by Crippen LogP contribution is 2.33. The van der Waals surface area contributed by atoms with Crippen molar-refractivity contribution in [3.05, 3.63) is 29.3 Å². The van der Waals surface area contributed by atoms with Crippen LogP contribution in [0.1, 0.15) is 23.6 Å². The molecule has 0 radical (unpaired) electrons. The maximum Gasteiger partial charge on any atom is 0.150 e. The van der Waals surface area contributed by atoms with Gasteiger partial charge < -0.3 is 10.6 Å². The van der Waals surface area contributed by atoms with Gasteiger partial charge in [0.1, 0.15) is 0 Å². The lowest BCUT2D eigenvalue weighted by atomic mass is 9.92. The van der Waals surface area contributed by atoms with E-state index in [1.54, 1.807) is 0 Å². The van der Waals surface area contributed by atoms with Crippen molar-refractivity contribution in [3.8, 4) is 0 Å². The molecule has 0 bridgehead atoms. The molecule has 104 valence electrons. The van der Waals surface area contributed by atoms with E-state index in [0.29, 0.717) is 12.2 Å². The first-order valence-corrected chi connectivity index (χ1v) is 8.58. The number of hydrogen-bond donors (Lipinski definition) is 1. The molecule has 0 saturated carbocycles. The molecule has 2 heterocycles. The van der Waals surface area contributed by atoms with Gasteiger partial charge >= 0.3 is 0 Å². The smallest absolute Gasteiger partial charge is 0.150 e. The van der Waals surface area contributed by atoms with Crippen LogP contribution in [0.2, 0.25) is 0 Å². The second-order valence-electron chi connectivity index (χ2n) is 5.75. The van der Waals surface area contributed by atoms with Crippen LogP contribution in [-0.4, -0.2) is 33.5 Å². The van der Waals surface area contributed by atoms with Crippen LogP contribution in [0.25, 0.3) is 0 Å². The number of nitrogens with zero attached hydrogens (tertiary/aromatic N) is 1. The predicted molar refractivity (Wildman–Crippen MR) is 77.1 cm³/mol. The lowest BCUT2D eigenvalue weighted by Crippen LogP contribution is -2.22. The van der Waals surface area contributed by atoms with Crippen LogP contribution in [0.3, 0.4) is 0 Å². The Morgan fingerprint density at radius 2 is 2.21 bits per heavy atom. The van der Waals surface area contributed by atoms with Crippen molar-refractivity contribution in [3.63, 3.8) is 0 Å². The number of rotatable bonds is 2. The molecule has 0 aromatic heterocycles. The highest BCUT2D eigenvalue weighted by Gasteiger charge is 2.33. The quantitative estimate of drug-likeness (QED) is 0.881. The molecule has 2 unspecified atom stereocenters. The molecule has 19 heavy (non-hydrogen) atoms. The highest BCUT2D eigenvalue weighted by atomic mass is 32.2. The molecule has 1 fully saturated rings. The molecule has 3 rings (SSSR count). The Bertz CT molecular complexity index is 597. The standard InChI is InChI=1S/C14H20N2O2S/c1-16-6-4-10-8-11(2-3-13(10)16)14(15)12-5-7-19(17,18)9-12/h2-3,8,12,14H,4-7,9,15H2,1H3. The Hall–Kier alpha value is -1.07. The van der Waals surface area contributed by atoms with E-state index in [1.807, 2.05) is 0 Å². The first kappa shape index (κ1) is 12.9. The summed E-state index contributed by atoms with van der Waals surface area (Å²) in [5.74, 6) is 0.603. The van der Waals surface area contributed by atoms with E-state index in [9.17, 15) is 8.42 Å². The molecule has 0 amide bonds. The molecule has 1 aromatic rings. The molecule has 2 atom stereocenters. The third-order valence-electron chi connectivity index (χ3n) is 4.39. The number of anilines is 1. The van der Waals surface area contributed by atoms with Crippen molar-refractivity contribution in [2.24, 2.45) is 11.7 Å². The van der Waals surface area contributed by atoms with Crippen LogP contribution in [0, 0.1) is 5.92 Å². The van der Waals surface area contributed by atoms with E-state index >= 15 is 0 Å². The van der Waals surface area contributed by atoms with Crippen LogP contribution in [0.5, 0.6) is 0 Å². The van der Waals surface area contributed by atoms with Crippen LogP contribution in [-0.2, 0) is 16.3 Å². The Balaban J connectivity index is 1.83. The largest absolute Gasteiger partial charge is 0.374 e. The van der Waals surface area contributed by atoms with E-state index in [4.69, 9.17) is 5.73 Å². The van der Waals surface area contributed by atoms with Crippen LogP contribution >= 0.6 is 0 Å². The van der Waals surface area contributed by atoms with E-state index in [0.717, 1.165) is 18.5 Å². The second kappa shape index (κ2) is 4.49. The average Bonchev–Trinajstić information content (AvgIpc) is 2.92. The van der Waals surface area contributed by atoms with Crippen LogP contribution < -0.4 is 10.6 Å². The lowest BCUT2D eigenvalue weighted by molar-refractivity contribution is 0.480. The van der Waals surface area contributed by atoms with Gasteiger partial charge in [-0.2, -0.15) is 0 Å². The maximum atomic E-state index is 11.5. The van der Waals surface area contributed by atoms with Gasteiger partial charge in [-0.3, -0.25) is 0 Å². The van der Waals surface area contributed by atoms with Gasteiger partial charge in [0.25, 0.3) is 0 Å². The Morgan fingerprint density at radius 3 is 2.89 bits per heavy atom. The number of fused-ring (bicyclic) bond motifs is 1. The lowest BCUT2D eigenvalue weighted by Gasteiger charge is -2.19. The van der Waals surface area contributed by atoms with Gasteiger partial charge in [0.15, 0.2) is 9.84 Å². The molecule has 1 aromatic carbocycles.